The summed E-state index contributed by atoms with van der Waals surface area (Å²) in [7, 11) is 0. The number of rotatable bonds is 3. The van der Waals surface area contributed by atoms with Crippen molar-refractivity contribution in [3.05, 3.63) is 24.4 Å². The molecular weight excluding hydrogens is 316 g/mol. The third kappa shape index (κ3) is 3.35. The first kappa shape index (κ1) is 16.4. The molecule has 2 amide bonds. The topological polar surface area (TPSA) is 68.2 Å². The number of hydrogen-bond acceptors (Lipinski definition) is 3. The molecule has 0 bridgehead atoms. The minimum Gasteiger partial charge on any atom is -0.378 e. The van der Waals surface area contributed by atoms with Gasteiger partial charge in [0.15, 0.2) is 0 Å². The van der Waals surface area contributed by atoms with Crippen LogP contribution in [0.2, 0.25) is 0 Å². The van der Waals surface area contributed by atoms with Crippen LogP contribution in [0.15, 0.2) is 24.4 Å². The fourth-order valence-electron chi connectivity index (χ4n) is 4.08. The molecule has 6 nitrogen and oxygen atoms in total. The predicted molar refractivity (Wildman–Crippen MR) is 97.8 cm³/mol. The zero-order valence-electron chi connectivity index (χ0n) is 14.9. The van der Waals surface area contributed by atoms with Crippen molar-refractivity contribution in [2.24, 2.45) is 5.92 Å². The lowest BCUT2D eigenvalue weighted by Gasteiger charge is -2.33. The fraction of sp³-hybridized carbons (Fsp3) is 0.579. The monoisotopic (exact) mass is 342 g/mol. The van der Waals surface area contributed by atoms with Gasteiger partial charge in [0.1, 0.15) is 0 Å². The molecule has 0 spiro atoms. The van der Waals surface area contributed by atoms with Crippen LogP contribution >= 0.6 is 0 Å². The van der Waals surface area contributed by atoms with E-state index < -0.39 is 0 Å². The maximum absolute atomic E-state index is 12.4. The van der Waals surface area contributed by atoms with Crippen LogP contribution < -0.4 is 10.6 Å². The Morgan fingerprint density at radius 2 is 2.20 bits per heavy atom. The van der Waals surface area contributed by atoms with Crippen LogP contribution in [0.1, 0.15) is 45.6 Å². The zero-order valence-corrected chi connectivity index (χ0v) is 14.9. The SMILES string of the molecule is CC(C)n1cc2cc(NC(=O)N[C@@H]3CCC[C@@H]4OCC[C@@H]43)ccc2n1. The van der Waals surface area contributed by atoms with E-state index in [2.05, 4.69) is 29.6 Å². The van der Waals surface area contributed by atoms with E-state index in [1.165, 1.54) is 0 Å². The van der Waals surface area contributed by atoms with Crippen LogP contribution in [0.4, 0.5) is 10.5 Å². The maximum Gasteiger partial charge on any atom is 0.319 e. The summed E-state index contributed by atoms with van der Waals surface area (Å²) in [5.41, 5.74) is 1.74. The smallest absolute Gasteiger partial charge is 0.319 e. The molecule has 1 aliphatic carbocycles. The first-order valence-corrected chi connectivity index (χ1v) is 9.28. The third-order valence-electron chi connectivity index (χ3n) is 5.41. The van der Waals surface area contributed by atoms with Gasteiger partial charge >= 0.3 is 6.03 Å². The molecule has 2 heterocycles. The Morgan fingerprint density at radius 3 is 3.04 bits per heavy atom. The van der Waals surface area contributed by atoms with Crippen molar-refractivity contribution in [1.29, 1.82) is 0 Å². The minimum absolute atomic E-state index is 0.131. The van der Waals surface area contributed by atoms with Crippen LogP contribution in [0, 0.1) is 5.92 Å². The summed E-state index contributed by atoms with van der Waals surface area (Å²) in [5, 5.41) is 11.7. The highest BCUT2D eigenvalue weighted by Crippen LogP contribution is 2.34. The van der Waals surface area contributed by atoms with Crippen molar-refractivity contribution >= 4 is 22.6 Å². The molecule has 2 N–H and O–H groups in total. The molecule has 25 heavy (non-hydrogen) atoms. The normalized spacial score (nSPS) is 26.0. The van der Waals surface area contributed by atoms with Gasteiger partial charge in [-0.15, -0.1) is 0 Å². The van der Waals surface area contributed by atoms with E-state index >= 15 is 0 Å². The number of fused-ring (bicyclic) bond motifs is 2. The summed E-state index contributed by atoms with van der Waals surface area (Å²) < 4.78 is 7.72. The molecule has 0 radical (unpaired) electrons. The van der Waals surface area contributed by atoms with Crippen molar-refractivity contribution in [1.82, 2.24) is 15.1 Å². The lowest BCUT2D eigenvalue weighted by molar-refractivity contribution is 0.0553. The Balaban J connectivity index is 1.42. The van der Waals surface area contributed by atoms with Crippen molar-refractivity contribution in [3.8, 4) is 0 Å². The Labute approximate surface area is 147 Å². The number of nitrogens with zero attached hydrogens (tertiary/aromatic N) is 2. The van der Waals surface area contributed by atoms with E-state index in [-0.39, 0.29) is 12.1 Å². The molecule has 1 aliphatic heterocycles. The minimum atomic E-state index is -0.131. The van der Waals surface area contributed by atoms with Gasteiger partial charge in [-0.05, 0) is 57.7 Å². The molecular formula is C19H26N4O2. The molecule has 2 fully saturated rings. The van der Waals surface area contributed by atoms with Gasteiger partial charge in [-0.3, -0.25) is 4.68 Å². The molecule has 3 atom stereocenters. The molecule has 1 aromatic heterocycles. The van der Waals surface area contributed by atoms with Gasteiger partial charge in [0.25, 0.3) is 0 Å². The first-order chi connectivity index (χ1) is 12.1. The van der Waals surface area contributed by atoms with Crippen LogP contribution in [0.25, 0.3) is 10.9 Å². The third-order valence-corrected chi connectivity index (χ3v) is 5.41. The number of carbonyl (C=O) groups excluding carboxylic acids is 1. The number of anilines is 1. The van der Waals surface area contributed by atoms with Crippen molar-refractivity contribution in [3.63, 3.8) is 0 Å². The predicted octanol–water partition coefficient (Wildman–Crippen LogP) is 3.70. The summed E-state index contributed by atoms with van der Waals surface area (Å²) in [6.07, 6.45) is 6.68. The Kier molecular flexibility index (Phi) is 4.37. The van der Waals surface area contributed by atoms with Crippen molar-refractivity contribution in [2.75, 3.05) is 11.9 Å². The van der Waals surface area contributed by atoms with Crippen LogP contribution in [-0.2, 0) is 4.74 Å². The van der Waals surface area contributed by atoms with Gasteiger partial charge in [0.05, 0.1) is 11.6 Å². The standard InChI is InChI=1S/C19H26N4O2/c1-12(2)23-11-13-10-14(6-7-16(13)22-23)20-19(24)21-17-4-3-5-18-15(17)8-9-25-18/h6-7,10-12,15,17-18H,3-5,8-9H2,1-2H3,(H2,20,21,24)/t15-,17-,18+/m1/s1. The number of urea groups is 1. The van der Waals surface area contributed by atoms with Gasteiger partial charge in [0, 0.05) is 41.9 Å². The van der Waals surface area contributed by atoms with E-state index in [1.807, 2.05) is 29.1 Å². The molecule has 0 unspecified atom stereocenters. The average Bonchev–Trinajstić information content (AvgIpc) is 3.21. The number of ether oxygens (including phenoxy) is 1. The Morgan fingerprint density at radius 1 is 1.32 bits per heavy atom. The number of nitrogens with one attached hydrogen (secondary N) is 2. The number of carbonyl (C=O) groups is 1. The molecule has 1 saturated carbocycles. The number of aromatic nitrogens is 2. The van der Waals surface area contributed by atoms with E-state index in [0.717, 1.165) is 48.9 Å². The molecule has 1 saturated heterocycles. The highest BCUT2D eigenvalue weighted by atomic mass is 16.5. The number of amides is 2. The summed E-state index contributed by atoms with van der Waals surface area (Å²) in [6.45, 7) is 5.02. The number of benzene rings is 1. The van der Waals surface area contributed by atoms with Crippen LogP contribution in [0.5, 0.6) is 0 Å². The molecule has 2 aromatic rings. The lowest BCUT2D eigenvalue weighted by Crippen LogP contribution is -2.47. The van der Waals surface area contributed by atoms with Gasteiger partial charge in [-0.1, -0.05) is 0 Å². The van der Waals surface area contributed by atoms with Crippen LogP contribution in [-0.4, -0.2) is 34.6 Å². The van der Waals surface area contributed by atoms with Gasteiger partial charge in [-0.25, -0.2) is 4.79 Å². The fourth-order valence-corrected chi connectivity index (χ4v) is 4.08. The van der Waals surface area contributed by atoms with Gasteiger partial charge < -0.3 is 15.4 Å². The highest BCUT2D eigenvalue weighted by molar-refractivity contribution is 5.92. The van der Waals surface area contributed by atoms with Gasteiger partial charge in [0.2, 0.25) is 0 Å². The quantitative estimate of drug-likeness (QED) is 0.894. The second kappa shape index (κ2) is 6.67. The second-order valence-corrected chi connectivity index (χ2v) is 7.47. The Hall–Kier alpha value is -2.08. The molecule has 134 valence electrons. The molecule has 4 rings (SSSR count). The molecule has 2 aliphatic rings. The van der Waals surface area contributed by atoms with E-state index in [1.54, 1.807) is 0 Å². The molecule has 1 aromatic carbocycles. The zero-order chi connectivity index (χ0) is 17.4. The molecule has 6 heteroatoms. The maximum atomic E-state index is 12.4. The summed E-state index contributed by atoms with van der Waals surface area (Å²) in [6, 6.07) is 6.23. The second-order valence-electron chi connectivity index (χ2n) is 7.47. The largest absolute Gasteiger partial charge is 0.378 e. The van der Waals surface area contributed by atoms with Crippen LogP contribution in [0.3, 0.4) is 0 Å². The van der Waals surface area contributed by atoms with Crippen molar-refractivity contribution in [2.45, 2.75) is 57.7 Å². The van der Waals surface area contributed by atoms with Gasteiger partial charge in [-0.2, -0.15) is 5.10 Å². The van der Waals surface area contributed by atoms with E-state index in [9.17, 15) is 4.79 Å². The lowest BCUT2D eigenvalue weighted by atomic mass is 9.82. The Bertz CT molecular complexity index is 770. The first-order valence-electron chi connectivity index (χ1n) is 9.28. The highest BCUT2D eigenvalue weighted by Gasteiger charge is 2.38. The van der Waals surface area contributed by atoms with Crippen molar-refractivity contribution < 1.29 is 9.53 Å². The average molecular weight is 342 g/mol. The number of hydrogen-bond donors (Lipinski definition) is 2. The summed E-state index contributed by atoms with van der Waals surface area (Å²) >= 11 is 0. The summed E-state index contributed by atoms with van der Waals surface area (Å²) in [4.78, 5) is 12.4. The summed E-state index contributed by atoms with van der Waals surface area (Å²) in [5.74, 6) is 0.464. The van der Waals surface area contributed by atoms with E-state index in [0.29, 0.717) is 18.1 Å². The van der Waals surface area contributed by atoms with E-state index in [4.69, 9.17) is 4.74 Å².